The Morgan fingerprint density at radius 2 is 1.69 bits per heavy atom. The number of carbonyl (C=O) groups excluding carboxylic acids is 3. The number of nitrogens with one attached hydrogen (secondary N) is 2. The summed E-state index contributed by atoms with van der Waals surface area (Å²) in [6.07, 6.45) is 0. The molecule has 0 bridgehead atoms. The van der Waals surface area contributed by atoms with Crippen LogP contribution in [0.1, 0.15) is 27.8 Å². The zero-order valence-electron chi connectivity index (χ0n) is 15.5. The van der Waals surface area contributed by atoms with Gasteiger partial charge >= 0.3 is 12.0 Å². The van der Waals surface area contributed by atoms with E-state index in [0.717, 1.165) is 15.9 Å². The number of ether oxygens (including phenoxy) is 1. The van der Waals surface area contributed by atoms with Crippen LogP contribution in [0.5, 0.6) is 0 Å². The first kappa shape index (κ1) is 20.0. The highest BCUT2D eigenvalue weighted by Crippen LogP contribution is 2.09. The van der Waals surface area contributed by atoms with Crippen molar-refractivity contribution in [3.8, 4) is 0 Å². The Hall–Kier alpha value is -3.72. The molecule has 29 heavy (non-hydrogen) atoms. The van der Waals surface area contributed by atoms with E-state index in [1.165, 1.54) is 5.38 Å². The van der Waals surface area contributed by atoms with Gasteiger partial charge in [-0.05, 0) is 31.2 Å². The molecule has 0 radical (unpaired) electrons. The van der Waals surface area contributed by atoms with Crippen molar-refractivity contribution >= 4 is 34.9 Å². The Bertz CT molecular complexity index is 1070. The van der Waals surface area contributed by atoms with E-state index < -0.39 is 17.9 Å². The van der Waals surface area contributed by atoms with E-state index in [1.807, 2.05) is 6.07 Å². The average molecular weight is 410 g/mol. The second-order valence-corrected chi connectivity index (χ2v) is 6.51. The maximum absolute atomic E-state index is 12.8. The van der Waals surface area contributed by atoms with Gasteiger partial charge < -0.3 is 10.1 Å². The highest BCUT2D eigenvalue weighted by Gasteiger charge is 2.20. The summed E-state index contributed by atoms with van der Waals surface area (Å²) >= 11 is 1.03. The Morgan fingerprint density at radius 1 is 1.03 bits per heavy atom. The van der Waals surface area contributed by atoms with Gasteiger partial charge in [0, 0.05) is 16.6 Å². The molecule has 1 heterocycles. The fourth-order valence-electron chi connectivity index (χ4n) is 2.39. The van der Waals surface area contributed by atoms with Gasteiger partial charge in [0.15, 0.2) is 0 Å². The Labute approximate surface area is 170 Å². The van der Waals surface area contributed by atoms with Gasteiger partial charge in [0.1, 0.15) is 5.69 Å². The summed E-state index contributed by atoms with van der Waals surface area (Å²) in [5.41, 5.74) is 3.38. The van der Waals surface area contributed by atoms with Crippen molar-refractivity contribution < 1.29 is 19.1 Å². The van der Waals surface area contributed by atoms with E-state index in [9.17, 15) is 14.4 Å². The van der Waals surface area contributed by atoms with E-state index in [1.54, 1.807) is 61.5 Å². The van der Waals surface area contributed by atoms with Crippen LogP contribution in [0.2, 0.25) is 0 Å². The molecular formula is C20H18N4O4S. The molecule has 0 fully saturated rings. The minimum absolute atomic E-state index is 0.0120. The van der Waals surface area contributed by atoms with Crippen LogP contribution < -0.4 is 15.5 Å². The highest BCUT2D eigenvalue weighted by atomic mass is 32.1. The predicted molar refractivity (Wildman–Crippen MR) is 109 cm³/mol. The molecule has 0 unspecified atom stereocenters. The van der Waals surface area contributed by atoms with Gasteiger partial charge in [0.2, 0.25) is 4.80 Å². The molecule has 0 saturated carbocycles. The predicted octanol–water partition coefficient (Wildman–Crippen LogP) is 3.05. The minimum atomic E-state index is -0.664. The number of rotatable bonds is 5. The third-order valence-electron chi connectivity index (χ3n) is 3.71. The molecule has 3 aromatic rings. The van der Waals surface area contributed by atoms with Crippen molar-refractivity contribution in [3.05, 3.63) is 82.1 Å². The first-order chi connectivity index (χ1) is 14.1. The summed E-state index contributed by atoms with van der Waals surface area (Å²) < 4.78 is 6.09. The van der Waals surface area contributed by atoms with Crippen molar-refractivity contribution in [3.63, 3.8) is 0 Å². The highest BCUT2D eigenvalue weighted by molar-refractivity contribution is 7.07. The second-order valence-electron chi connectivity index (χ2n) is 5.67. The molecule has 2 aromatic carbocycles. The van der Waals surface area contributed by atoms with Crippen LogP contribution >= 0.6 is 11.3 Å². The zero-order chi connectivity index (χ0) is 20.6. The lowest BCUT2D eigenvalue weighted by Gasteiger charge is -2.09. The van der Waals surface area contributed by atoms with Gasteiger partial charge in [-0.1, -0.05) is 36.4 Å². The SMILES string of the molecule is CCOC(=O)c1csc(=NNC(=O)c2ccccc2)n1C(=O)Nc1ccccc1. The number of carbonyl (C=O) groups is 3. The summed E-state index contributed by atoms with van der Waals surface area (Å²) in [5, 5.41) is 8.17. The van der Waals surface area contributed by atoms with Crippen molar-refractivity contribution in [2.45, 2.75) is 6.92 Å². The third kappa shape index (κ3) is 4.96. The molecule has 0 aliphatic rings. The van der Waals surface area contributed by atoms with Crippen LogP contribution in [0.25, 0.3) is 0 Å². The van der Waals surface area contributed by atoms with Crippen LogP contribution in [0.3, 0.4) is 0 Å². The number of thiazole rings is 1. The van der Waals surface area contributed by atoms with Gasteiger partial charge in [-0.2, -0.15) is 0 Å². The maximum atomic E-state index is 12.8. The monoisotopic (exact) mass is 410 g/mol. The largest absolute Gasteiger partial charge is 0.461 e. The molecule has 0 aliphatic carbocycles. The van der Waals surface area contributed by atoms with Crippen molar-refractivity contribution in [1.29, 1.82) is 0 Å². The average Bonchev–Trinajstić information content (AvgIpc) is 3.18. The minimum Gasteiger partial charge on any atom is -0.461 e. The van der Waals surface area contributed by atoms with Crippen molar-refractivity contribution in [1.82, 2.24) is 9.99 Å². The van der Waals surface area contributed by atoms with Gasteiger partial charge in [-0.15, -0.1) is 16.4 Å². The molecule has 0 aliphatic heterocycles. The Balaban J connectivity index is 1.93. The first-order valence-electron chi connectivity index (χ1n) is 8.73. The smallest absolute Gasteiger partial charge is 0.356 e. The van der Waals surface area contributed by atoms with E-state index in [2.05, 4.69) is 15.8 Å². The van der Waals surface area contributed by atoms with Crippen LogP contribution in [-0.4, -0.2) is 29.1 Å². The molecule has 2 amide bonds. The summed E-state index contributed by atoms with van der Waals surface area (Å²) in [6, 6.07) is 16.7. The molecule has 3 rings (SSSR count). The summed E-state index contributed by atoms with van der Waals surface area (Å²) in [5.74, 6) is -1.10. The Kier molecular flexibility index (Phi) is 6.54. The lowest BCUT2D eigenvalue weighted by molar-refractivity contribution is 0.0515. The fourth-order valence-corrected chi connectivity index (χ4v) is 3.19. The van der Waals surface area contributed by atoms with Gasteiger partial charge in [0.05, 0.1) is 6.61 Å². The van der Waals surface area contributed by atoms with Crippen LogP contribution in [0.4, 0.5) is 10.5 Å². The topological polar surface area (TPSA) is 102 Å². The van der Waals surface area contributed by atoms with Gasteiger partial charge in [-0.3, -0.25) is 4.79 Å². The standard InChI is InChI=1S/C20H18N4O4S/c1-2-28-18(26)16-13-29-20(23-22-17(25)14-9-5-3-6-10-14)24(16)19(27)21-15-11-7-4-8-12-15/h3-13H,2H2,1H3,(H,21,27)(H,22,25). The summed E-state index contributed by atoms with van der Waals surface area (Å²) in [4.78, 5) is 37.4. The van der Waals surface area contributed by atoms with Crippen molar-refractivity contribution in [2.75, 3.05) is 11.9 Å². The van der Waals surface area contributed by atoms with Crippen LogP contribution in [-0.2, 0) is 4.74 Å². The molecule has 0 atom stereocenters. The number of benzene rings is 2. The molecule has 0 saturated heterocycles. The number of esters is 1. The second kappa shape index (κ2) is 9.47. The molecule has 148 valence electrons. The lowest BCUT2D eigenvalue weighted by atomic mass is 10.2. The van der Waals surface area contributed by atoms with E-state index in [0.29, 0.717) is 11.3 Å². The number of nitrogens with zero attached hydrogens (tertiary/aromatic N) is 2. The summed E-state index contributed by atoms with van der Waals surface area (Å²) in [6.45, 7) is 1.83. The van der Waals surface area contributed by atoms with Crippen LogP contribution in [0, 0.1) is 0 Å². The lowest BCUT2D eigenvalue weighted by Crippen LogP contribution is -2.33. The number of amides is 2. The van der Waals surface area contributed by atoms with E-state index in [-0.39, 0.29) is 17.1 Å². The number of hydrogen-bond acceptors (Lipinski definition) is 6. The fraction of sp³-hybridized carbons (Fsp3) is 0.100. The summed E-state index contributed by atoms with van der Waals surface area (Å²) in [7, 11) is 0. The number of para-hydroxylation sites is 1. The van der Waals surface area contributed by atoms with E-state index >= 15 is 0 Å². The molecule has 1 aromatic heterocycles. The normalized spacial score (nSPS) is 11.0. The van der Waals surface area contributed by atoms with Crippen molar-refractivity contribution in [2.24, 2.45) is 5.10 Å². The molecule has 8 nitrogen and oxygen atoms in total. The number of hydrogen-bond donors (Lipinski definition) is 2. The number of anilines is 1. The van der Waals surface area contributed by atoms with Gasteiger partial charge in [-0.25, -0.2) is 19.6 Å². The zero-order valence-corrected chi connectivity index (χ0v) is 16.3. The molecule has 0 spiro atoms. The molecular weight excluding hydrogens is 392 g/mol. The third-order valence-corrected chi connectivity index (χ3v) is 4.54. The number of aromatic nitrogens is 1. The molecule has 9 heteroatoms. The van der Waals surface area contributed by atoms with E-state index in [4.69, 9.17) is 4.74 Å². The maximum Gasteiger partial charge on any atom is 0.356 e. The first-order valence-corrected chi connectivity index (χ1v) is 9.61. The van der Waals surface area contributed by atoms with Gasteiger partial charge in [0.25, 0.3) is 5.91 Å². The molecule has 2 N–H and O–H groups in total. The van der Waals surface area contributed by atoms with Crippen LogP contribution in [0.15, 0.2) is 71.1 Å². The quantitative estimate of drug-likeness (QED) is 0.499. The Morgan fingerprint density at radius 3 is 2.34 bits per heavy atom.